The molecule has 1 atom stereocenters. The first-order valence-corrected chi connectivity index (χ1v) is 7.25. The number of ketones is 1. The molecule has 4 nitrogen and oxygen atoms in total. The molecule has 1 aliphatic rings. The highest BCUT2D eigenvalue weighted by molar-refractivity contribution is 7.11. The molecule has 1 aromatic heterocycles. The highest BCUT2D eigenvalue weighted by Gasteiger charge is 2.27. The maximum Gasteiger partial charge on any atom is 0.265 e. The van der Waals surface area contributed by atoms with Crippen molar-refractivity contribution in [3.8, 4) is 0 Å². The van der Waals surface area contributed by atoms with Gasteiger partial charge in [-0.05, 0) is 19.8 Å². The van der Waals surface area contributed by atoms with E-state index in [9.17, 15) is 9.59 Å². The third-order valence-corrected chi connectivity index (χ3v) is 4.07. The maximum absolute atomic E-state index is 12.4. The number of likely N-dealkylation sites (tertiary alicyclic amines) is 1. The smallest absolute Gasteiger partial charge is 0.265 e. The molecule has 1 aliphatic heterocycles. The largest absolute Gasteiger partial charge is 0.334 e. The van der Waals surface area contributed by atoms with Gasteiger partial charge in [0.05, 0.1) is 11.7 Å². The van der Waals surface area contributed by atoms with Gasteiger partial charge in [-0.25, -0.2) is 0 Å². The zero-order valence-corrected chi connectivity index (χ0v) is 11.4. The predicted octanol–water partition coefficient (Wildman–Crippen LogP) is 2.51. The van der Waals surface area contributed by atoms with E-state index in [1.807, 2.05) is 4.90 Å². The SMILES string of the molecule is CC(=O)CC1CCCCCN1C(=O)c1cncs1. The van der Waals surface area contributed by atoms with Crippen LogP contribution in [0.4, 0.5) is 0 Å². The molecule has 2 rings (SSSR count). The average molecular weight is 266 g/mol. The number of aromatic nitrogens is 1. The van der Waals surface area contributed by atoms with Crippen LogP contribution < -0.4 is 0 Å². The number of carbonyl (C=O) groups is 2. The van der Waals surface area contributed by atoms with Crippen molar-refractivity contribution < 1.29 is 9.59 Å². The van der Waals surface area contributed by atoms with Gasteiger partial charge in [0.2, 0.25) is 0 Å². The molecule has 0 radical (unpaired) electrons. The molecule has 0 saturated carbocycles. The normalized spacial score (nSPS) is 20.5. The molecule has 5 heteroatoms. The van der Waals surface area contributed by atoms with E-state index < -0.39 is 0 Å². The minimum Gasteiger partial charge on any atom is -0.334 e. The average Bonchev–Trinajstić information content (AvgIpc) is 2.76. The summed E-state index contributed by atoms with van der Waals surface area (Å²) in [6.45, 7) is 2.36. The molecule has 2 heterocycles. The van der Waals surface area contributed by atoms with E-state index in [1.54, 1.807) is 18.6 Å². The summed E-state index contributed by atoms with van der Waals surface area (Å²) in [6, 6.07) is 0.0691. The molecule has 1 fully saturated rings. The van der Waals surface area contributed by atoms with Gasteiger partial charge >= 0.3 is 0 Å². The number of thiazole rings is 1. The van der Waals surface area contributed by atoms with Crippen LogP contribution in [0.15, 0.2) is 11.7 Å². The Hall–Kier alpha value is -1.23. The zero-order chi connectivity index (χ0) is 13.0. The summed E-state index contributed by atoms with van der Waals surface area (Å²) in [6.07, 6.45) is 6.29. The molecule has 0 aromatic carbocycles. The molecule has 18 heavy (non-hydrogen) atoms. The van der Waals surface area contributed by atoms with Gasteiger partial charge in [0, 0.05) is 19.0 Å². The summed E-state index contributed by atoms with van der Waals surface area (Å²) in [4.78, 5) is 30.2. The van der Waals surface area contributed by atoms with Gasteiger partial charge in [0.25, 0.3) is 5.91 Å². The van der Waals surface area contributed by atoms with Crippen LogP contribution in [-0.4, -0.2) is 34.2 Å². The fourth-order valence-corrected chi connectivity index (χ4v) is 3.03. The van der Waals surface area contributed by atoms with Crippen molar-refractivity contribution in [3.63, 3.8) is 0 Å². The fraction of sp³-hybridized carbons (Fsp3) is 0.615. The van der Waals surface area contributed by atoms with Crippen LogP contribution in [0.5, 0.6) is 0 Å². The second-order valence-corrected chi connectivity index (χ2v) is 5.66. The molecular weight excluding hydrogens is 248 g/mol. The summed E-state index contributed by atoms with van der Waals surface area (Å²) in [5.41, 5.74) is 1.67. The van der Waals surface area contributed by atoms with Crippen molar-refractivity contribution in [2.75, 3.05) is 6.54 Å². The lowest BCUT2D eigenvalue weighted by Crippen LogP contribution is -2.40. The lowest BCUT2D eigenvalue weighted by atomic mass is 10.0. The monoisotopic (exact) mass is 266 g/mol. The molecule has 98 valence electrons. The van der Waals surface area contributed by atoms with Gasteiger partial charge in [0.1, 0.15) is 10.7 Å². The van der Waals surface area contributed by atoms with Crippen LogP contribution in [0.2, 0.25) is 0 Å². The Labute approximate surface area is 111 Å². The van der Waals surface area contributed by atoms with Crippen LogP contribution in [-0.2, 0) is 4.79 Å². The Morgan fingerprint density at radius 2 is 2.28 bits per heavy atom. The van der Waals surface area contributed by atoms with Crippen molar-refractivity contribution in [3.05, 3.63) is 16.6 Å². The van der Waals surface area contributed by atoms with Crippen LogP contribution in [0.25, 0.3) is 0 Å². The van der Waals surface area contributed by atoms with E-state index in [-0.39, 0.29) is 17.7 Å². The van der Waals surface area contributed by atoms with Gasteiger partial charge in [-0.3, -0.25) is 14.6 Å². The van der Waals surface area contributed by atoms with Crippen molar-refractivity contribution in [1.82, 2.24) is 9.88 Å². The number of rotatable bonds is 3. The Bertz CT molecular complexity index is 417. The number of hydrogen-bond acceptors (Lipinski definition) is 4. The second-order valence-electron chi connectivity index (χ2n) is 4.77. The number of carbonyl (C=O) groups excluding carboxylic acids is 2. The van der Waals surface area contributed by atoms with E-state index in [0.29, 0.717) is 11.3 Å². The number of amides is 1. The van der Waals surface area contributed by atoms with Gasteiger partial charge in [-0.15, -0.1) is 11.3 Å². The second kappa shape index (κ2) is 6.09. The fourth-order valence-electron chi connectivity index (χ4n) is 2.45. The van der Waals surface area contributed by atoms with Crippen molar-refractivity contribution in [2.45, 2.75) is 45.1 Å². The van der Waals surface area contributed by atoms with E-state index in [1.165, 1.54) is 11.3 Å². The third kappa shape index (κ3) is 3.16. The van der Waals surface area contributed by atoms with E-state index in [0.717, 1.165) is 32.2 Å². The zero-order valence-electron chi connectivity index (χ0n) is 10.6. The quantitative estimate of drug-likeness (QED) is 0.844. The van der Waals surface area contributed by atoms with E-state index >= 15 is 0 Å². The lowest BCUT2D eigenvalue weighted by molar-refractivity contribution is -0.118. The van der Waals surface area contributed by atoms with Gasteiger partial charge in [-0.1, -0.05) is 12.8 Å². The van der Waals surface area contributed by atoms with E-state index in [4.69, 9.17) is 0 Å². The number of nitrogens with zero attached hydrogens (tertiary/aromatic N) is 2. The highest BCUT2D eigenvalue weighted by atomic mass is 32.1. The van der Waals surface area contributed by atoms with Crippen LogP contribution in [0.1, 0.15) is 48.7 Å². The predicted molar refractivity (Wildman–Crippen MR) is 70.7 cm³/mol. The maximum atomic E-state index is 12.4. The Kier molecular flexibility index (Phi) is 4.47. The Morgan fingerprint density at radius 1 is 1.44 bits per heavy atom. The summed E-state index contributed by atoms with van der Waals surface area (Å²) in [5, 5.41) is 0. The molecule has 0 bridgehead atoms. The van der Waals surface area contributed by atoms with Gasteiger partial charge in [-0.2, -0.15) is 0 Å². The molecule has 1 unspecified atom stereocenters. The standard InChI is InChI=1S/C13H18N2O2S/c1-10(16)7-11-5-3-2-4-6-15(11)13(17)12-8-14-9-18-12/h8-9,11H,2-7H2,1H3. The molecule has 1 saturated heterocycles. The van der Waals surface area contributed by atoms with Crippen LogP contribution in [0.3, 0.4) is 0 Å². The van der Waals surface area contributed by atoms with E-state index in [2.05, 4.69) is 4.98 Å². The van der Waals surface area contributed by atoms with Crippen molar-refractivity contribution in [2.24, 2.45) is 0 Å². The molecule has 0 spiro atoms. The molecular formula is C13H18N2O2S. The van der Waals surface area contributed by atoms with Crippen molar-refractivity contribution in [1.29, 1.82) is 0 Å². The molecule has 0 N–H and O–H groups in total. The first-order chi connectivity index (χ1) is 8.68. The number of hydrogen-bond donors (Lipinski definition) is 0. The lowest BCUT2D eigenvalue weighted by Gasteiger charge is -2.29. The first-order valence-electron chi connectivity index (χ1n) is 6.37. The van der Waals surface area contributed by atoms with Gasteiger partial charge in [0.15, 0.2) is 0 Å². The molecule has 1 amide bonds. The Balaban J connectivity index is 2.14. The summed E-state index contributed by atoms with van der Waals surface area (Å²) in [7, 11) is 0. The summed E-state index contributed by atoms with van der Waals surface area (Å²) >= 11 is 1.37. The topological polar surface area (TPSA) is 50.3 Å². The third-order valence-electron chi connectivity index (χ3n) is 3.30. The minimum absolute atomic E-state index is 0.0330. The number of Topliss-reactive ketones (excluding diaryl/α,β-unsaturated/α-hetero) is 1. The summed E-state index contributed by atoms with van der Waals surface area (Å²) in [5.74, 6) is 0.189. The summed E-state index contributed by atoms with van der Waals surface area (Å²) < 4.78 is 0. The van der Waals surface area contributed by atoms with Crippen LogP contribution >= 0.6 is 11.3 Å². The van der Waals surface area contributed by atoms with Crippen molar-refractivity contribution >= 4 is 23.0 Å². The minimum atomic E-state index is 0.0330. The molecule has 1 aromatic rings. The highest BCUT2D eigenvalue weighted by Crippen LogP contribution is 2.22. The van der Waals surface area contributed by atoms with Crippen LogP contribution in [0, 0.1) is 0 Å². The Morgan fingerprint density at radius 3 is 2.94 bits per heavy atom. The molecule has 0 aliphatic carbocycles. The first kappa shape index (κ1) is 13.2. The van der Waals surface area contributed by atoms with Gasteiger partial charge < -0.3 is 4.90 Å².